The Hall–Kier alpha value is -2.17. The fourth-order valence-corrected chi connectivity index (χ4v) is 3.74. The third kappa shape index (κ3) is 3.71. The third-order valence-electron chi connectivity index (χ3n) is 5.13. The summed E-state index contributed by atoms with van der Waals surface area (Å²) in [6, 6.07) is 2.26. The lowest BCUT2D eigenvalue weighted by atomic mass is 10.1. The van der Waals surface area contributed by atoms with Crippen LogP contribution in [0, 0.1) is 0 Å². The normalized spacial score (nSPS) is 24.4. The van der Waals surface area contributed by atoms with E-state index in [-0.39, 0.29) is 10.8 Å². The molecule has 2 bridgehead atoms. The first kappa shape index (κ1) is 19.2. The highest BCUT2D eigenvalue weighted by Crippen LogP contribution is 2.28. The van der Waals surface area contributed by atoms with E-state index in [0.29, 0.717) is 24.5 Å². The average molecular weight is 415 g/mol. The van der Waals surface area contributed by atoms with E-state index in [2.05, 4.69) is 25.2 Å². The van der Waals surface area contributed by atoms with Gasteiger partial charge >= 0.3 is 6.18 Å². The molecule has 2 aromatic rings. The molecule has 1 atom stereocenters. The largest absolute Gasteiger partial charge is 0.417 e. The van der Waals surface area contributed by atoms with Crippen LogP contribution in [0.5, 0.6) is 0 Å². The molecule has 0 aromatic carbocycles. The molecule has 3 aliphatic heterocycles. The molecule has 0 amide bonds. The summed E-state index contributed by atoms with van der Waals surface area (Å²) in [5.41, 5.74) is -1.15. The molecule has 7 nitrogen and oxygen atoms in total. The highest BCUT2D eigenvalue weighted by atomic mass is 35.5. The van der Waals surface area contributed by atoms with Crippen molar-refractivity contribution in [1.29, 1.82) is 0 Å². The van der Waals surface area contributed by atoms with Gasteiger partial charge in [0.05, 0.1) is 17.4 Å². The number of alkyl halides is 3. The van der Waals surface area contributed by atoms with Gasteiger partial charge in [-0.1, -0.05) is 11.6 Å². The molecule has 0 saturated carbocycles. The highest BCUT2D eigenvalue weighted by Gasteiger charge is 2.32. The van der Waals surface area contributed by atoms with E-state index < -0.39 is 17.3 Å². The van der Waals surface area contributed by atoms with Crippen molar-refractivity contribution in [2.75, 3.05) is 44.6 Å². The number of rotatable bonds is 4. The van der Waals surface area contributed by atoms with Crippen LogP contribution in [0.4, 0.5) is 18.9 Å². The fourth-order valence-electron chi connectivity index (χ4n) is 3.54. The minimum Gasteiger partial charge on any atom is -0.381 e. The molecule has 1 unspecified atom stereocenters. The molecular weight excluding hydrogens is 397 g/mol. The Morgan fingerprint density at radius 3 is 2.50 bits per heavy atom. The summed E-state index contributed by atoms with van der Waals surface area (Å²) in [5, 5.41) is 7.10. The third-order valence-corrected chi connectivity index (χ3v) is 5.50. The van der Waals surface area contributed by atoms with Gasteiger partial charge in [0.25, 0.3) is 5.56 Å². The Kier molecular flexibility index (Phi) is 5.02. The van der Waals surface area contributed by atoms with Crippen molar-refractivity contribution >= 4 is 17.3 Å². The Balaban J connectivity index is 1.50. The number of hydrogen-bond acceptors (Lipinski definition) is 6. The van der Waals surface area contributed by atoms with Crippen LogP contribution in [0.2, 0.25) is 5.02 Å². The lowest BCUT2D eigenvalue weighted by Gasteiger charge is -2.47. The number of hydrogen-bond donors (Lipinski definition) is 1. The summed E-state index contributed by atoms with van der Waals surface area (Å²) in [7, 11) is 0. The van der Waals surface area contributed by atoms with Crippen LogP contribution in [-0.4, -0.2) is 69.9 Å². The van der Waals surface area contributed by atoms with Crippen LogP contribution >= 0.6 is 11.6 Å². The van der Waals surface area contributed by atoms with Crippen molar-refractivity contribution in [3.05, 3.63) is 45.5 Å². The lowest BCUT2D eigenvalue weighted by Crippen LogP contribution is -2.62. The van der Waals surface area contributed by atoms with Crippen molar-refractivity contribution in [3.63, 3.8) is 0 Å². The minimum absolute atomic E-state index is 0.0325. The van der Waals surface area contributed by atoms with Gasteiger partial charge in [-0.05, 0) is 12.1 Å². The molecule has 3 aliphatic rings. The summed E-state index contributed by atoms with van der Waals surface area (Å²) in [6.45, 7) is 5.80. The van der Waals surface area contributed by atoms with Crippen molar-refractivity contribution in [3.8, 4) is 5.82 Å². The first-order valence-corrected chi connectivity index (χ1v) is 9.22. The fraction of sp³-hybridized carbons (Fsp3) is 0.471. The molecule has 0 spiro atoms. The minimum atomic E-state index is -4.50. The predicted octanol–water partition coefficient (Wildman–Crippen LogP) is 1.71. The second-order valence-corrected chi connectivity index (χ2v) is 7.24. The number of anilines is 1. The number of piperazine rings is 3. The van der Waals surface area contributed by atoms with Crippen LogP contribution in [-0.2, 0) is 6.18 Å². The maximum atomic E-state index is 12.7. The number of fused-ring (bicyclic) bond motifs is 3. The van der Waals surface area contributed by atoms with Gasteiger partial charge in [-0.3, -0.25) is 14.6 Å². The predicted molar refractivity (Wildman–Crippen MR) is 97.9 cm³/mol. The number of halogens is 4. The van der Waals surface area contributed by atoms with Gasteiger partial charge in [0.15, 0.2) is 5.82 Å². The zero-order valence-corrected chi connectivity index (χ0v) is 15.5. The van der Waals surface area contributed by atoms with Crippen molar-refractivity contribution in [2.45, 2.75) is 12.2 Å². The van der Waals surface area contributed by atoms with Crippen LogP contribution in [0.1, 0.15) is 5.56 Å². The average Bonchev–Trinajstić information content (AvgIpc) is 2.69. The smallest absolute Gasteiger partial charge is 0.381 e. The van der Waals surface area contributed by atoms with E-state index in [1.165, 1.54) is 6.20 Å². The van der Waals surface area contributed by atoms with Crippen LogP contribution in [0.3, 0.4) is 0 Å². The van der Waals surface area contributed by atoms with Crippen LogP contribution in [0.15, 0.2) is 29.3 Å². The van der Waals surface area contributed by atoms with Gasteiger partial charge < -0.3 is 5.32 Å². The molecule has 2 aromatic heterocycles. The molecule has 5 rings (SSSR count). The van der Waals surface area contributed by atoms with E-state index in [4.69, 9.17) is 11.6 Å². The van der Waals surface area contributed by atoms with Gasteiger partial charge in [-0.2, -0.15) is 23.0 Å². The number of aromatic nitrogens is 3. The molecule has 150 valence electrons. The van der Waals surface area contributed by atoms with Gasteiger partial charge in [0, 0.05) is 51.5 Å². The van der Waals surface area contributed by atoms with Crippen molar-refractivity contribution in [1.82, 2.24) is 24.6 Å². The maximum Gasteiger partial charge on any atom is 0.417 e. The molecule has 0 radical (unpaired) electrons. The number of nitrogens with one attached hydrogen (secondary N) is 1. The molecule has 1 N–H and O–H groups in total. The maximum absolute atomic E-state index is 12.7. The molecular formula is C17H18ClF3N6O. The quantitative estimate of drug-likeness (QED) is 0.821. The lowest BCUT2D eigenvalue weighted by molar-refractivity contribution is -0.137. The summed E-state index contributed by atoms with van der Waals surface area (Å²) in [4.78, 5) is 21.0. The van der Waals surface area contributed by atoms with Crippen molar-refractivity contribution < 1.29 is 13.2 Å². The van der Waals surface area contributed by atoms with E-state index in [1.54, 1.807) is 0 Å². The summed E-state index contributed by atoms with van der Waals surface area (Å²) >= 11 is 6.18. The second kappa shape index (κ2) is 7.34. The Bertz CT molecular complexity index is 909. The standard InChI is InChI=1S/C17H18ClF3N6O/c18-15-13(22-8-12-10-25-3-5-26(12)6-4-25)9-24-27(16(15)28)14-2-1-11(7-23-14)17(19,20)21/h1-2,7,9,12,22H,3-6,8,10H2. The van der Waals surface area contributed by atoms with Crippen LogP contribution in [0.25, 0.3) is 5.82 Å². The zero-order valence-electron chi connectivity index (χ0n) is 14.8. The van der Waals surface area contributed by atoms with E-state index >= 15 is 0 Å². The van der Waals surface area contributed by atoms with Gasteiger partial charge in [0.2, 0.25) is 0 Å². The van der Waals surface area contributed by atoms with Crippen LogP contribution < -0.4 is 10.9 Å². The summed E-state index contributed by atoms with van der Waals surface area (Å²) in [6.07, 6.45) is -2.45. The first-order chi connectivity index (χ1) is 13.3. The molecule has 0 aliphatic carbocycles. The highest BCUT2D eigenvalue weighted by molar-refractivity contribution is 6.32. The van der Waals surface area contributed by atoms with Gasteiger partial charge in [0.1, 0.15) is 5.02 Å². The molecule has 3 fully saturated rings. The second-order valence-electron chi connectivity index (χ2n) is 6.86. The molecule has 3 saturated heterocycles. The zero-order chi connectivity index (χ0) is 19.9. The first-order valence-electron chi connectivity index (χ1n) is 8.84. The van der Waals surface area contributed by atoms with Gasteiger partial charge in [-0.15, -0.1) is 0 Å². The Morgan fingerprint density at radius 1 is 1.18 bits per heavy atom. The summed E-state index contributed by atoms with van der Waals surface area (Å²) in [5.74, 6) is -0.0325. The SMILES string of the molecule is O=c1c(Cl)c(NCC2CN3CCN2CC3)cnn1-c1ccc(C(F)(F)F)cn1. The Morgan fingerprint density at radius 2 is 1.93 bits per heavy atom. The van der Waals surface area contributed by atoms with Crippen molar-refractivity contribution in [2.24, 2.45) is 0 Å². The molecule has 28 heavy (non-hydrogen) atoms. The summed E-state index contributed by atoms with van der Waals surface area (Å²) < 4.78 is 38.8. The topological polar surface area (TPSA) is 66.3 Å². The van der Waals surface area contributed by atoms with E-state index in [0.717, 1.165) is 49.5 Å². The molecule has 11 heteroatoms. The number of pyridine rings is 1. The Labute approximate surface area is 163 Å². The number of nitrogens with zero attached hydrogens (tertiary/aromatic N) is 5. The monoisotopic (exact) mass is 414 g/mol. The molecule has 5 heterocycles. The van der Waals surface area contributed by atoms with E-state index in [9.17, 15) is 18.0 Å². The van der Waals surface area contributed by atoms with E-state index in [1.807, 2.05) is 0 Å². The van der Waals surface area contributed by atoms with Gasteiger partial charge in [-0.25, -0.2) is 4.98 Å².